The zero-order valence-electron chi connectivity index (χ0n) is 17.1. The first-order chi connectivity index (χ1) is 15.0. The van der Waals surface area contributed by atoms with Gasteiger partial charge in [-0.25, -0.2) is 4.98 Å². The molecule has 31 heavy (non-hydrogen) atoms. The van der Waals surface area contributed by atoms with Crippen LogP contribution in [-0.2, 0) is 0 Å². The molecule has 0 radical (unpaired) electrons. The number of benzene rings is 1. The SMILES string of the molecule is Nc1nccc(-n2c(C(=O)NCCO)cc3ccc(C#CC4(O)CCCCC4)cc32)n1. The van der Waals surface area contributed by atoms with Crippen LogP contribution in [0.1, 0.15) is 48.2 Å². The van der Waals surface area contributed by atoms with E-state index in [9.17, 15) is 9.90 Å². The summed E-state index contributed by atoms with van der Waals surface area (Å²) in [6, 6.07) is 9.05. The molecule has 1 amide bonds. The summed E-state index contributed by atoms with van der Waals surface area (Å²) < 4.78 is 1.70. The molecular weight excluding hydrogens is 394 g/mol. The molecule has 1 aliphatic rings. The minimum absolute atomic E-state index is 0.0940. The molecule has 2 heterocycles. The second kappa shape index (κ2) is 8.76. The van der Waals surface area contributed by atoms with Crippen LogP contribution in [0.4, 0.5) is 5.95 Å². The summed E-state index contributed by atoms with van der Waals surface area (Å²) in [6.07, 6.45) is 6.00. The molecule has 8 heteroatoms. The maximum atomic E-state index is 12.7. The molecule has 0 bridgehead atoms. The molecule has 1 aliphatic carbocycles. The van der Waals surface area contributed by atoms with E-state index in [-0.39, 0.29) is 25.0 Å². The van der Waals surface area contributed by atoms with Crippen LogP contribution in [0.25, 0.3) is 16.7 Å². The number of aliphatic hydroxyl groups excluding tert-OH is 1. The van der Waals surface area contributed by atoms with E-state index in [1.807, 2.05) is 18.2 Å². The molecule has 0 aliphatic heterocycles. The first-order valence-electron chi connectivity index (χ1n) is 10.4. The van der Waals surface area contributed by atoms with Gasteiger partial charge in [0.2, 0.25) is 5.95 Å². The van der Waals surface area contributed by atoms with E-state index in [2.05, 4.69) is 27.1 Å². The fourth-order valence-electron chi connectivity index (χ4n) is 3.89. The lowest BCUT2D eigenvalue weighted by Gasteiger charge is -2.26. The van der Waals surface area contributed by atoms with Crippen molar-refractivity contribution >= 4 is 22.8 Å². The molecule has 0 spiro atoms. The molecule has 5 N–H and O–H groups in total. The molecule has 1 aromatic carbocycles. The third kappa shape index (κ3) is 4.53. The summed E-state index contributed by atoms with van der Waals surface area (Å²) in [6.45, 7) is -0.0172. The van der Waals surface area contributed by atoms with Crippen molar-refractivity contribution in [1.29, 1.82) is 0 Å². The summed E-state index contributed by atoms with van der Waals surface area (Å²) in [4.78, 5) is 20.9. The second-order valence-electron chi connectivity index (χ2n) is 7.73. The highest BCUT2D eigenvalue weighted by Crippen LogP contribution is 2.28. The number of amides is 1. The lowest BCUT2D eigenvalue weighted by atomic mass is 9.85. The largest absolute Gasteiger partial charge is 0.395 e. The Balaban J connectivity index is 1.80. The molecule has 0 saturated heterocycles. The first-order valence-corrected chi connectivity index (χ1v) is 10.4. The van der Waals surface area contributed by atoms with Crippen LogP contribution in [0.5, 0.6) is 0 Å². The Labute approximate surface area is 180 Å². The monoisotopic (exact) mass is 419 g/mol. The van der Waals surface area contributed by atoms with Crippen molar-refractivity contribution in [2.75, 3.05) is 18.9 Å². The van der Waals surface area contributed by atoms with Crippen LogP contribution in [0.3, 0.4) is 0 Å². The van der Waals surface area contributed by atoms with E-state index < -0.39 is 5.60 Å². The molecule has 8 nitrogen and oxygen atoms in total. The third-order valence-electron chi connectivity index (χ3n) is 5.44. The van der Waals surface area contributed by atoms with E-state index in [4.69, 9.17) is 10.8 Å². The predicted octanol–water partition coefficient (Wildman–Crippen LogP) is 1.77. The lowest BCUT2D eigenvalue weighted by molar-refractivity contribution is 0.0610. The number of nitrogens with zero attached hydrogens (tertiary/aromatic N) is 3. The number of aliphatic hydroxyl groups is 2. The molecule has 160 valence electrons. The fraction of sp³-hybridized carbons (Fsp3) is 0.348. The molecule has 4 rings (SSSR count). The number of hydrogen-bond acceptors (Lipinski definition) is 6. The summed E-state index contributed by atoms with van der Waals surface area (Å²) in [5, 5.41) is 23.2. The molecule has 3 aromatic rings. The Bertz CT molecular complexity index is 1170. The quantitative estimate of drug-likeness (QED) is 0.478. The summed E-state index contributed by atoms with van der Waals surface area (Å²) in [5.74, 6) is 6.36. The average molecular weight is 419 g/mol. The molecular formula is C23H25N5O3. The van der Waals surface area contributed by atoms with Gasteiger partial charge in [-0.15, -0.1) is 0 Å². The summed E-state index contributed by atoms with van der Waals surface area (Å²) in [7, 11) is 0. The highest BCUT2D eigenvalue weighted by Gasteiger charge is 2.26. The minimum atomic E-state index is -0.939. The molecule has 0 atom stereocenters. The smallest absolute Gasteiger partial charge is 0.268 e. The van der Waals surface area contributed by atoms with Crippen molar-refractivity contribution < 1.29 is 15.0 Å². The van der Waals surface area contributed by atoms with Crippen molar-refractivity contribution in [2.24, 2.45) is 0 Å². The van der Waals surface area contributed by atoms with Crippen molar-refractivity contribution in [1.82, 2.24) is 19.9 Å². The van der Waals surface area contributed by atoms with Gasteiger partial charge in [-0.3, -0.25) is 9.36 Å². The maximum Gasteiger partial charge on any atom is 0.268 e. The summed E-state index contributed by atoms with van der Waals surface area (Å²) >= 11 is 0. The van der Waals surface area contributed by atoms with Crippen LogP contribution in [-0.4, -0.2) is 49.4 Å². The van der Waals surface area contributed by atoms with Gasteiger partial charge in [0.1, 0.15) is 17.1 Å². The van der Waals surface area contributed by atoms with Crippen LogP contribution in [0.15, 0.2) is 36.5 Å². The second-order valence-corrected chi connectivity index (χ2v) is 7.73. The van der Waals surface area contributed by atoms with Crippen LogP contribution in [0.2, 0.25) is 0 Å². The van der Waals surface area contributed by atoms with Gasteiger partial charge in [0.05, 0.1) is 12.1 Å². The number of hydrogen-bond donors (Lipinski definition) is 4. The maximum absolute atomic E-state index is 12.7. The van der Waals surface area contributed by atoms with Gasteiger partial charge >= 0.3 is 0 Å². The van der Waals surface area contributed by atoms with Crippen molar-refractivity contribution in [3.05, 3.63) is 47.8 Å². The van der Waals surface area contributed by atoms with Gasteiger partial charge in [0, 0.05) is 23.7 Å². The molecule has 0 unspecified atom stereocenters. The Morgan fingerprint density at radius 1 is 1.23 bits per heavy atom. The van der Waals surface area contributed by atoms with Crippen LogP contribution in [0, 0.1) is 11.8 Å². The standard InChI is InChI=1S/C23H25N5O3/c24-22-26-11-7-20(27-22)28-18-14-16(6-10-23(31)8-2-1-3-9-23)4-5-17(18)15-19(28)21(30)25-12-13-29/h4-5,7,11,14-15,29,31H,1-3,8-9,12-13H2,(H,25,30)(H2,24,26,27). The van der Waals surface area contributed by atoms with Crippen LogP contribution >= 0.6 is 0 Å². The zero-order chi connectivity index (χ0) is 21.8. The molecule has 1 fully saturated rings. The highest BCUT2D eigenvalue weighted by molar-refractivity contribution is 6.00. The number of aromatic nitrogens is 3. The number of nitrogen functional groups attached to an aromatic ring is 1. The Morgan fingerprint density at radius 2 is 2.03 bits per heavy atom. The Morgan fingerprint density at radius 3 is 2.77 bits per heavy atom. The van der Waals surface area contributed by atoms with Gasteiger partial charge in [-0.05, 0) is 49.9 Å². The number of nitrogens with one attached hydrogen (secondary N) is 1. The minimum Gasteiger partial charge on any atom is -0.395 e. The van der Waals surface area contributed by atoms with Crippen molar-refractivity contribution in [3.63, 3.8) is 0 Å². The van der Waals surface area contributed by atoms with Gasteiger partial charge in [-0.2, -0.15) is 4.98 Å². The Kier molecular flexibility index (Phi) is 5.89. The van der Waals surface area contributed by atoms with Gasteiger partial charge in [0.15, 0.2) is 0 Å². The number of fused-ring (bicyclic) bond motifs is 1. The third-order valence-corrected chi connectivity index (χ3v) is 5.44. The number of rotatable bonds is 4. The number of carbonyl (C=O) groups excluding carboxylic acids is 1. The average Bonchev–Trinajstić information content (AvgIpc) is 3.15. The predicted molar refractivity (Wildman–Crippen MR) is 118 cm³/mol. The van der Waals surface area contributed by atoms with E-state index in [0.29, 0.717) is 24.4 Å². The normalized spacial score (nSPS) is 15.3. The van der Waals surface area contributed by atoms with Crippen molar-refractivity contribution in [2.45, 2.75) is 37.7 Å². The number of carbonyl (C=O) groups is 1. The number of anilines is 1. The fourth-order valence-corrected chi connectivity index (χ4v) is 3.89. The van der Waals surface area contributed by atoms with Crippen LogP contribution < -0.4 is 11.1 Å². The van der Waals surface area contributed by atoms with E-state index >= 15 is 0 Å². The van der Waals surface area contributed by atoms with Gasteiger partial charge in [0.25, 0.3) is 5.91 Å². The number of nitrogens with two attached hydrogens (primary N) is 1. The van der Waals surface area contributed by atoms with E-state index in [0.717, 1.165) is 35.7 Å². The summed E-state index contributed by atoms with van der Waals surface area (Å²) in [5.41, 5.74) is 6.65. The zero-order valence-corrected chi connectivity index (χ0v) is 17.1. The van der Waals surface area contributed by atoms with Gasteiger partial charge < -0.3 is 21.3 Å². The topological polar surface area (TPSA) is 126 Å². The van der Waals surface area contributed by atoms with Crippen molar-refractivity contribution in [3.8, 4) is 17.7 Å². The van der Waals surface area contributed by atoms with E-state index in [1.165, 1.54) is 6.20 Å². The Hall–Kier alpha value is -3.41. The van der Waals surface area contributed by atoms with Gasteiger partial charge in [-0.1, -0.05) is 24.3 Å². The highest BCUT2D eigenvalue weighted by atomic mass is 16.3. The van der Waals surface area contributed by atoms with E-state index in [1.54, 1.807) is 16.7 Å². The molecule has 1 saturated carbocycles. The molecule has 2 aromatic heterocycles. The lowest BCUT2D eigenvalue weighted by Crippen LogP contribution is -2.29. The first kappa shape index (κ1) is 20.8.